The van der Waals surface area contributed by atoms with Crippen molar-refractivity contribution in [3.8, 4) is 5.75 Å². The Balaban J connectivity index is 1.76. The first kappa shape index (κ1) is 10.8. The number of hydrogen-bond donors (Lipinski definition) is 0. The van der Waals surface area contributed by atoms with Gasteiger partial charge in [0.05, 0.1) is 0 Å². The van der Waals surface area contributed by atoms with Crippen molar-refractivity contribution in [3.63, 3.8) is 0 Å². The number of carbonyl (C=O) groups is 1. The van der Waals surface area contributed by atoms with Gasteiger partial charge >= 0.3 is 0 Å². The SMILES string of the molecule is O=C1CC2CCCC2C1Oc1ccc(F)cc1. The van der Waals surface area contributed by atoms with E-state index in [0.29, 0.717) is 24.0 Å². The van der Waals surface area contributed by atoms with E-state index in [1.54, 1.807) is 12.1 Å². The maximum absolute atomic E-state index is 12.8. The molecule has 1 aromatic carbocycles. The molecule has 0 bridgehead atoms. The summed E-state index contributed by atoms with van der Waals surface area (Å²) in [7, 11) is 0. The molecular weight excluding hydrogens is 219 g/mol. The maximum atomic E-state index is 12.8. The molecule has 1 aromatic rings. The standard InChI is InChI=1S/C14H15FO2/c15-10-4-6-11(7-5-10)17-14-12-3-1-2-9(12)8-13(14)16/h4-7,9,12,14H,1-3,8H2. The third-order valence-corrected chi connectivity index (χ3v) is 3.96. The van der Waals surface area contributed by atoms with Gasteiger partial charge in [0, 0.05) is 12.3 Å². The fraction of sp³-hybridized carbons (Fsp3) is 0.500. The van der Waals surface area contributed by atoms with Gasteiger partial charge in [-0.05, 0) is 43.0 Å². The quantitative estimate of drug-likeness (QED) is 0.786. The largest absolute Gasteiger partial charge is 0.482 e. The minimum Gasteiger partial charge on any atom is -0.482 e. The number of carbonyl (C=O) groups excluding carboxylic acids is 1. The van der Waals surface area contributed by atoms with Crippen LogP contribution in [-0.4, -0.2) is 11.9 Å². The molecule has 3 atom stereocenters. The summed E-state index contributed by atoms with van der Waals surface area (Å²) in [6, 6.07) is 5.90. The zero-order valence-electron chi connectivity index (χ0n) is 9.56. The van der Waals surface area contributed by atoms with Crippen molar-refractivity contribution in [1.29, 1.82) is 0 Å². The predicted molar refractivity (Wildman–Crippen MR) is 61.3 cm³/mol. The first-order chi connectivity index (χ1) is 8.24. The van der Waals surface area contributed by atoms with Gasteiger partial charge in [0.25, 0.3) is 0 Å². The average molecular weight is 234 g/mol. The number of Topliss-reactive ketones (excluding diaryl/α,β-unsaturated/α-hetero) is 1. The van der Waals surface area contributed by atoms with E-state index in [0.717, 1.165) is 12.8 Å². The van der Waals surface area contributed by atoms with Gasteiger partial charge < -0.3 is 4.74 Å². The first-order valence-electron chi connectivity index (χ1n) is 6.19. The summed E-state index contributed by atoms with van der Waals surface area (Å²) >= 11 is 0. The van der Waals surface area contributed by atoms with E-state index in [1.165, 1.54) is 18.6 Å². The minimum absolute atomic E-state index is 0.212. The lowest BCUT2D eigenvalue weighted by Gasteiger charge is -2.18. The van der Waals surface area contributed by atoms with Crippen LogP contribution in [0.4, 0.5) is 4.39 Å². The van der Waals surface area contributed by atoms with E-state index in [1.807, 2.05) is 0 Å². The topological polar surface area (TPSA) is 26.3 Å². The summed E-state index contributed by atoms with van der Waals surface area (Å²) in [6.07, 6.45) is 3.80. The van der Waals surface area contributed by atoms with Gasteiger partial charge in [0.15, 0.2) is 11.9 Å². The summed E-state index contributed by atoms with van der Waals surface area (Å²) in [5, 5.41) is 0. The van der Waals surface area contributed by atoms with E-state index in [4.69, 9.17) is 4.74 Å². The van der Waals surface area contributed by atoms with Gasteiger partial charge in [-0.25, -0.2) is 4.39 Å². The number of fused-ring (bicyclic) bond motifs is 1. The predicted octanol–water partition coefficient (Wildman–Crippen LogP) is 2.96. The minimum atomic E-state index is -0.298. The second kappa shape index (κ2) is 4.13. The molecule has 3 unspecified atom stereocenters. The van der Waals surface area contributed by atoms with Crippen LogP contribution in [0.1, 0.15) is 25.7 Å². The molecule has 0 spiro atoms. The Hall–Kier alpha value is -1.38. The van der Waals surface area contributed by atoms with Crippen LogP contribution in [0.15, 0.2) is 24.3 Å². The fourth-order valence-electron chi connectivity index (χ4n) is 3.14. The number of rotatable bonds is 2. The second-order valence-corrected chi connectivity index (χ2v) is 5.02. The van der Waals surface area contributed by atoms with Crippen LogP contribution in [0.25, 0.3) is 0 Å². The monoisotopic (exact) mass is 234 g/mol. The highest BCUT2D eigenvalue weighted by atomic mass is 19.1. The molecule has 2 aliphatic rings. The van der Waals surface area contributed by atoms with Gasteiger partial charge in [-0.3, -0.25) is 4.79 Å². The molecule has 0 N–H and O–H groups in total. The Bertz CT molecular complexity index is 426. The van der Waals surface area contributed by atoms with Crippen molar-refractivity contribution < 1.29 is 13.9 Å². The Morgan fingerprint density at radius 1 is 1.18 bits per heavy atom. The van der Waals surface area contributed by atoms with Crippen LogP contribution in [0.3, 0.4) is 0 Å². The highest BCUT2D eigenvalue weighted by molar-refractivity contribution is 5.86. The van der Waals surface area contributed by atoms with Crippen LogP contribution >= 0.6 is 0 Å². The molecule has 2 fully saturated rings. The third kappa shape index (κ3) is 1.94. The fourth-order valence-corrected chi connectivity index (χ4v) is 3.14. The van der Waals surface area contributed by atoms with Crippen LogP contribution < -0.4 is 4.74 Å². The van der Waals surface area contributed by atoms with E-state index in [-0.39, 0.29) is 17.7 Å². The summed E-state index contributed by atoms with van der Waals surface area (Å²) in [6.45, 7) is 0. The van der Waals surface area contributed by atoms with E-state index in [2.05, 4.69) is 0 Å². The molecule has 0 heterocycles. The molecule has 0 aromatic heterocycles. The Labute approximate surface area is 99.8 Å². The van der Waals surface area contributed by atoms with Crippen molar-refractivity contribution in [1.82, 2.24) is 0 Å². The summed E-state index contributed by atoms with van der Waals surface area (Å²) in [5.74, 6) is 1.43. The lowest BCUT2D eigenvalue weighted by atomic mass is 9.99. The third-order valence-electron chi connectivity index (χ3n) is 3.96. The van der Waals surface area contributed by atoms with Gasteiger partial charge in [0.2, 0.25) is 0 Å². The number of halogens is 1. The van der Waals surface area contributed by atoms with Crippen molar-refractivity contribution in [3.05, 3.63) is 30.1 Å². The van der Waals surface area contributed by atoms with E-state index in [9.17, 15) is 9.18 Å². The maximum Gasteiger partial charge on any atom is 0.173 e. The van der Waals surface area contributed by atoms with Crippen LogP contribution in [0.2, 0.25) is 0 Å². The summed E-state index contributed by atoms with van der Waals surface area (Å²) < 4.78 is 18.5. The molecular formula is C14H15FO2. The Morgan fingerprint density at radius 3 is 2.71 bits per heavy atom. The van der Waals surface area contributed by atoms with Crippen molar-refractivity contribution in [2.75, 3.05) is 0 Å². The lowest BCUT2D eigenvalue weighted by molar-refractivity contribution is -0.124. The summed E-state index contributed by atoms with van der Waals surface area (Å²) in [5.41, 5.74) is 0. The molecule has 0 aliphatic heterocycles. The van der Waals surface area contributed by atoms with Crippen molar-refractivity contribution in [2.45, 2.75) is 31.8 Å². The first-order valence-corrected chi connectivity index (χ1v) is 6.19. The number of ether oxygens (including phenoxy) is 1. The molecule has 0 radical (unpaired) electrons. The second-order valence-electron chi connectivity index (χ2n) is 5.02. The van der Waals surface area contributed by atoms with Gasteiger partial charge in [-0.15, -0.1) is 0 Å². The molecule has 17 heavy (non-hydrogen) atoms. The Morgan fingerprint density at radius 2 is 1.94 bits per heavy atom. The zero-order chi connectivity index (χ0) is 11.8. The van der Waals surface area contributed by atoms with Crippen LogP contribution in [0.5, 0.6) is 5.75 Å². The average Bonchev–Trinajstić information content (AvgIpc) is 2.85. The Kier molecular flexibility index (Phi) is 2.61. The molecule has 2 saturated carbocycles. The van der Waals surface area contributed by atoms with Crippen molar-refractivity contribution >= 4 is 5.78 Å². The number of hydrogen-bond acceptors (Lipinski definition) is 2. The number of ketones is 1. The van der Waals surface area contributed by atoms with Gasteiger partial charge in [-0.1, -0.05) is 6.42 Å². The smallest absolute Gasteiger partial charge is 0.173 e. The van der Waals surface area contributed by atoms with Crippen LogP contribution in [-0.2, 0) is 4.79 Å². The van der Waals surface area contributed by atoms with Gasteiger partial charge in [-0.2, -0.15) is 0 Å². The zero-order valence-corrected chi connectivity index (χ0v) is 9.56. The lowest BCUT2D eigenvalue weighted by Crippen LogP contribution is -2.28. The van der Waals surface area contributed by atoms with Crippen molar-refractivity contribution in [2.24, 2.45) is 11.8 Å². The highest BCUT2D eigenvalue weighted by Crippen LogP contribution is 2.43. The molecule has 2 nitrogen and oxygen atoms in total. The molecule has 90 valence electrons. The normalized spacial score (nSPS) is 31.6. The molecule has 3 rings (SSSR count). The summed E-state index contributed by atoms with van der Waals surface area (Å²) in [4.78, 5) is 11.9. The number of benzene rings is 1. The van der Waals surface area contributed by atoms with E-state index >= 15 is 0 Å². The molecule has 0 saturated heterocycles. The molecule has 0 amide bonds. The van der Waals surface area contributed by atoms with Gasteiger partial charge in [0.1, 0.15) is 11.6 Å². The highest BCUT2D eigenvalue weighted by Gasteiger charge is 2.46. The van der Waals surface area contributed by atoms with Crippen LogP contribution in [0, 0.1) is 17.7 Å². The molecule has 3 heteroatoms. The van der Waals surface area contributed by atoms with E-state index < -0.39 is 0 Å². The molecule has 2 aliphatic carbocycles.